The van der Waals surface area contributed by atoms with Crippen molar-refractivity contribution in [2.45, 2.75) is 25.6 Å². The fraction of sp³-hybridized carbons (Fsp3) is 0.350. The zero-order valence-corrected chi connectivity index (χ0v) is 14.7. The smallest absolute Gasteiger partial charge is 0.414 e. The quantitative estimate of drug-likeness (QED) is 0.843. The van der Waals surface area contributed by atoms with Crippen molar-refractivity contribution in [3.8, 4) is 5.75 Å². The molecule has 0 aliphatic carbocycles. The number of anilines is 1. The van der Waals surface area contributed by atoms with Gasteiger partial charge in [-0.2, -0.15) is 0 Å². The molecule has 1 fully saturated rings. The zero-order chi connectivity index (χ0) is 18.1. The summed E-state index contributed by atoms with van der Waals surface area (Å²) in [5, 5.41) is 0. The number of cyclic esters (lactones) is 1. The van der Waals surface area contributed by atoms with Crippen molar-refractivity contribution >= 4 is 11.8 Å². The maximum absolute atomic E-state index is 13.8. The number of hydrogen-bond acceptors (Lipinski definition) is 4. The first-order valence-electron chi connectivity index (χ1n) is 8.74. The third-order valence-electron chi connectivity index (χ3n) is 5.03. The number of ether oxygens (including phenoxy) is 2. The third-order valence-corrected chi connectivity index (χ3v) is 5.03. The van der Waals surface area contributed by atoms with E-state index < -0.39 is 0 Å². The highest BCUT2D eigenvalue weighted by Crippen LogP contribution is 2.33. The lowest BCUT2D eigenvalue weighted by atomic mass is 10.0. The number of amides is 1. The predicted octanol–water partition coefficient (Wildman–Crippen LogP) is 3.57. The van der Waals surface area contributed by atoms with Crippen LogP contribution in [0.25, 0.3) is 0 Å². The number of nitrogens with zero attached hydrogens (tertiary/aromatic N) is 2. The van der Waals surface area contributed by atoms with Gasteiger partial charge in [0.15, 0.2) is 0 Å². The van der Waals surface area contributed by atoms with Gasteiger partial charge in [0.25, 0.3) is 0 Å². The Morgan fingerprint density at radius 2 is 2.12 bits per heavy atom. The molecular formula is C20H21FN2O3. The number of carbonyl (C=O) groups excluding carboxylic acids is 1. The van der Waals surface area contributed by atoms with Crippen molar-refractivity contribution < 1.29 is 18.7 Å². The molecule has 4 rings (SSSR count). The largest absolute Gasteiger partial charge is 0.496 e. The van der Waals surface area contributed by atoms with Gasteiger partial charge in [-0.25, -0.2) is 9.18 Å². The molecule has 0 N–H and O–H groups in total. The van der Waals surface area contributed by atoms with E-state index in [-0.39, 0.29) is 18.0 Å². The summed E-state index contributed by atoms with van der Waals surface area (Å²) in [5.74, 6) is 0.508. The van der Waals surface area contributed by atoms with Crippen LogP contribution in [0.4, 0.5) is 14.9 Å². The Balaban J connectivity index is 1.66. The van der Waals surface area contributed by atoms with Crippen LogP contribution in [0.2, 0.25) is 0 Å². The van der Waals surface area contributed by atoms with Crippen LogP contribution in [0.5, 0.6) is 5.75 Å². The average Bonchev–Trinajstić information content (AvgIpc) is 3.00. The molecule has 26 heavy (non-hydrogen) atoms. The highest BCUT2D eigenvalue weighted by Gasteiger charge is 2.37. The van der Waals surface area contributed by atoms with Crippen LogP contribution >= 0.6 is 0 Å². The second kappa shape index (κ2) is 6.96. The van der Waals surface area contributed by atoms with E-state index in [2.05, 4.69) is 11.0 Å². The number of halogens is 1. The van der Waals surface area contributed by atoms with E-state index >= 15 is 0 Å². The summed E-state index contributed by atoms with van der Waals surface area (Å²) in [6.45, 7) is 2.51. The third kappa shape index (κ3) is 3.12. The van der Waals surface area contributed by atoms with Gasteiger partial charge >= 0.3 is 6.09 Å². The van der Waals surface area contributed by atoms with Gasteiger partial charge in [0, 0.05) is 25.2 Å². The Morgan fingerprint density at radius 1 is 1.27 bits per heavy atom. The van der Waals surface area contributed by atoms with Gasteiger partial charge in [0.05, 0.1) is 18.8 Å². The number of rotatable bonds is 3. The minimum Gasteiger partial charge on any atom is -0.496 e. The molecule has 2 heterocycles. The Bertz CT molecular complexity index is 826. The van der Waals surface area contributed by atoms with Crippen LogP contribution in [0.1, 0.15) is 17.5 Å². The van der Waals surface area contributed by atoms with E-state index in [0.29, 0.717) is 18.8 Å². The van der Waals surface area contributed by atoms with E-state index in [4.69, 9.17) is 9.47 Å². The molecule has 0 bridgehead atoms. The minimum absolute atomic E-state index is 0.0662. The maximum Gasteiger partial charge on any atom is 0.414 e. The van der Waals surface area contributed by atoms with E-state index in [0.717, 1.165) is 36.4 Å². The monoisotopic (exact) mass is 356 g/mol. The van der Waals surface area contributed by atoms with Gasteiger partial charge in [0.1, 0.15) is 18.2 Å². The normalized spacial score (nSPS) is 20.0. The summed E-state index contributed by atoms with van der Waals surface area (Å²) in [7, 11) is 1.67. The van der Waals surface area contributed by atoms with Crippen molar-refractivity contribution in [3.05, 3.63) is 59.4 Å². The molecule has 1 atom stereocenters. The molecular weight excluding hydrogens is 335 g/mol. The topological polar surface area (TPSA) is 42.0 Å². The molecule has 5 nitrogen and oxygen atoms in total. The average molecular weight is 356 g/mol. The zero-order valence-electron chi connectivity index (χ0n) is 14.7. The Morgan fingerprint density at radius 3 is 2.96 bits per heavy atom. The fourth-order valence-electron chi connectivity index (χ4n) is 3.72. The van der Waals surface area contributed by atoms with Gasteiger partial charge in [-0.15, -0.1) is 0 Å². The molecule has 2 aliphatic heterocycles. The van der Waals surface area contributed by atoms with Gasteiger partial charge in [0.2, 0.25) is 0 Å². The summed E-state index contributed by atoms with van der Waals surface area (Å²) in [6, 6.07) is 12.5. The lowest BCUT2D eigenvalue weighted by molar-refractivity contribution is 0.177. The van der Waals surface area contributed by atoms with Crippen molar-refractivity contribution in [2.75, 3.05) is 25.2 Å². The molecule has 1 unspecified atom stereocenters. The molecule has 6 heteroatoms. The summed E-state index contributed by atoms with van der Waals surface area (Å²) in [5.41, 5.74) is 2.64. The van der Waals surface area contributed by atoms with Crippen LogP contribution in [0.15, 0.2) is 42.5 Å². The Kier molecular flexibility index (Phi) is 4.51. The molecule has 0 radical (unpaired) electrons. The van der Waals surface area contributed by atoms with Crippen molar-refractivity contribution in [1.82, 2.24) is 4.90 Å². The number of carbonyl (C=O) groups is 1. The van der Waals surface area contributed by atoms with Crippen LogP contribution in [-0.2, 0) is 17.8 Å². The number of benzene rings is 2. The Hall–Kier alpha value is -2.60. The van der Waals surface area contributed by atoms with E-state index in [9.17, 15) is 9.18 Å². The first-order valence-corrected chi connectivity index (χ1v) is 8.74. The highest BCUT2D eigenvalue weighted by atomic mass is 19.1. The molecule has 0 saturated carbocycles. The maximum atomic E-state index is 13.8. The van der Waals surface area contributed by atoms with Gasteiger partial charge in [-0.05, 0) is 30.2 Å². The van der Waals surface area contributed by atoms with Crippen LogP contribution < -0.4 is 9.64 Å². The number of fused-ring (bicyclic) bond motifs is 3. The summed E-state index contributed by atoms with van der Waals surface area (Å²) in [6.07, 6.45) is 0.386. The second-order valence-corrected chi connectivity index (χ2v) is 6.68. The van der Waals surface area contributed by atoms with E-state index in [1.807, 2.05) is 18.2 Å². The number of hydrogen-bond donors (Lipinski definition) is 0. The van der Waals surface area contributed by atoms with Gasteiger partial charge < -0.3 is 9.47 Å². The SMILES string of the molecule is COc1ccccc1CN1CCC2COC(=O)N2c2cc(F)ccc2C1. The summed E-state index contributed by atoms with van der Waals surface area (Å²) >= 11 is 0. The molecule has 0 aromatic heterocycles. The van der Waals surface area contributed by atoms with Gasteiger partial charge in [-0.3, -0.25) is 9.80 Å². The Labute approximate surface area is 151 Å². The fourth-order valence-corrected chi connectivity index (χ4v) is 3.72. The van der Waals surface area contributed by atoms with E-state index in [1.54, 1.807) is 18.1 Å². The minimum atomic E-state index is -0.389. The highest BCUT2D eigenvalue weighted by molar-refractivity contribution is 5.91. The molecule has 1 saturated heterocycles. The number of para-hydroxylation sites is 1. The lowest BCUT2D eigenvalue weighted by Gasteiger charge is -2.32. The van der Waals surface area contributed by atoms with E-state index in [1.165, 1.54) is 12.1 Å². The first kappa shape index (κ1) is 16.8. The molecule has 136 valence electrons. The summed E-state index contributed by atoms with van der Waals surface area (Å²) < 4.78 is 24.5. The predicted molar refractivity (Wildman–Crippen MR) is 95.7 cm³/mol. The van der Waals surface area contributed by atoms with Crippen molar-refractivity contribution in [2.24, 2.45) is 0 Å². The van der Waals surface area contributed by atoms with Gasteiger partial charge in [-0.1, -0.05) is 24.3 Å². The standard InChI is InChI=1S/C20H21FN2O3/c1-25-19-5-3-2-4-15(19)12-22-9-8-17-13-26-20(24)23(17)18-10-16(21)7-6-14(18)11-22/h2-7,10,17H,8-9,11-13H2,1H3. The summed E-state index contributed by atoms with van der Waals surface area (Å²) in [4.78, 5) is 16.1. The molecule has 2 aliphatic rings. The second-order valence-electron chi connectivity index (χ2n) is 6.68. The van der Waals surface area contributed by atoms with Crippen LogP contribution in [-0.4, -0.2) is 37.3 Å². The van der Waals surface area contributed by atoms with Crippen LogP contribution in [0.3, 0.4) is 0 Å². The lowest BCUT2D eigenvalue weighted by Crippen LogP contribution is -2.40. The van der Waals surface area contributed by atoms with Crippen molar-refractivity contribution in [3.63, 3.8) is 0 Å². The first-order chi connectivity index (χ1) is 12.7. The number of methoxy groups -OCH3 is 1. The molecule has 0 spiro atoms. The molecule has 2 aromatic rings. The molecule has 1 amide bonds. The van der Waals surface area contributed by atoms with Crippen molar-refractivity contribution in [1.29, 1.82) is 0 Å². The van der Waals surface area contributed by atoms with Crippen LogP contribution in [0, 0.1) is 5.82 Å². The molecule has 2 aromatic carbocycles.